The SMILES string of the molecule is CC[C@@H](CNC(=O)[C@H](C)OC(=O)c1cc(Cl)ccc1[N+](=O)[O-])c1ccccc1. The van der Waals surface area contributed by atoms with Crippen LogP contribution in [-0.2, 0) is 9.53 Å². The summed E-state index contributed by atoms with van der Waals surface area (Å²) in [6, 6.07) is 13.3. The number of rotatable bonds is 8. The first-order valence-corrected chi connectivity index (χ1v) is 9.18. The topological polar surface area (TPSA) is 98.5 Å². The summed E-state index contributed by atoms with van der Waals surface area (Å²) in [5.41, 5.74) is 0.370. The Morgan fingerprint density at radius 1 is 1.21 bits per heavy atom. The van der Waals surface area contributed by atoms with Crippen LogP contribution in [0.5, 0.6) is 0 Å². The summed E-state index contributed by atoms with van der Waals surface area (Å²) < 4.78 is 5.10. The summed E-state index contributed by atoms with van der Waals surface area (Å²) in [6.07, 6.45) is -0.285. The maximum Gasteiger partial charge on any atom is 0.345 e. The van der Waals surface area contributed by atoms with Crippen molar-refractivity contribution in [1.29, 1.82) is 0 Å². The first kappa shape index (κ1) is 21.4. The maximum atomic E-state index is 12.3. The fourth-order valence-corrected chi connectivity index (χ4v) is 2.87. The van der Waals surface area contributed by atoms with E-state index in [-0.39, 0.29) is 16.5 Å². The van der Waals surface area contributed by atoms with Crippen LogP contribution in [0.15, 0.2) is 48.5 Å². The molecule has 2 rings (SSSR count). The van der Waals surface area contributed by atoms with E-state index in [1.807, 2.05) is 37.3 Å². The largest absolute Gasteiger partial charge is 0.449 e. The van der Waals surface area contributed by atoms with Crippen molar-refractivity contribution in [3.63, 3.8) is 0 Å². The van der Waals surface area contributed by atoms with Gasteiger partial charge in [-0.15, -0.1) is 0 Å². The third kappa shape index (κ3) is 5.53. The molecule has 148 valence electrons. The van der Waals surface area contributed by atoms with E-state index >= 15 is 0 Å². The first-order valence-electron chi connectivity index (χ1n) is 8.81. The van der Waals surface area contributed by atoms with Crippen molar-refractivity contribution < 1.29 is 19.2 Å². The predicted molar refractivity (Wildman–Crippen MR) is 105 cm³/mol. The van der Waals surface area contributed by atoms with Crippen LogP contribution >= 0.6 is 11.6 Å². The standard InChI is InChI=1S/C20H21ClN2O5/c1-3-14(15-7-5-4-6-8-15)12-22-19(24)13(2)28-20(25)17-11-16(21)9-10-18(17)23(26)27/h4-11,13-14H,3,12H2,1-2H3,(H,22,24)/t13-,14-/m0/s1. The Kier molecular flexibility index (Phi) is 7.52. The van der Waals surface area contributed by atoms with Gasteiger partial charge in [-0.05, 0) is 31.0 Å². The van der Waals surface area contributed by atoms with E-state index in [9.17, 15) is 19.7 Å². The quantitative estimate of drug-likeness (QED) is 0.405. The van der Waals surface area contributed by atoms with Crippen molar-refractivity contribution in [3.05, 3.63) is 74.8 Å². The number of halogens is 1. The Balaban J connectivity index is 1.99. The number of nitrogens with one attached hydrogen (secondary N) is 1. The van der Waals surface area contributed by atoms with Gasteiger partial charge in [0.1, 0.15) is 5.56 Å². The number of hydrogen-bond acceptors (Lipinski definition) is 5. The van der Waals surface area contributed by atoms with E-state index in [1.165, 1.54) is 13.0 Å². The molecular weight excluding hydrogens is 384 g/mol. The second-order valence-electron chi connectivity index (χ2n) is 6.23. The van der Waals surface area contributed by atoms with E-state index in [0.717, 1.165) is 24.1 Å². The molecule has 0 aliphatic rings. The zero-order valence-corrected chi connectivity index (χ0v) is 16.3. The van der Waals surface area contributed by atoms with Gasteiger partial charge < -0.3 is 10.1 Å². The minimum Gasteiger partial charge on any atom is -0.449 e. The molecule has 2 aromatic carbocycles. The predicted octanol–water partition coefficient (Wildman–Crippen LogP) is 4.10. The molecule has 0 unspecified atom stereocenters. The lowest BCUT2D eigenvalue weighted by Gasteiger charge is -2.18. The molecule has 7 nitrogen and oxygen atoms in total. The number of benzene rings is 2. The zero-order valence-electron chi connectivity index (χ0n) is 15.6. The highest BCUT2D eigenvalue weighted by Gasteiger charge is 2.26. The average Bonchev–Trinajstić information content (AvgIpc) is 2.68. The van der Waals surface area contributed by atoms with Crippen LogP contribution in [0.2, 0.25) is 5.02 Å². The van der Waals surface area contributed by atoms with Crippen LogP contribution in [0.4, 0.5) is 5.69 Å². The third-order valence-corrected chi connectivity index (χ3v) is 4.55. The number of nitro benzene ring substituents is 1. The summed E-state index contributed by atoms with van der Waals surface area (Å²) in [5.74, 6) is -1.33. The highest BCUT2D eigenvalue weighted by Crippen LogP contribution is 2.24. The number of amides is 1. The number of carbonyl (C=O) groups is 2. The Bertz CT molecular complexity index is 857. The van der Waals surface area contributed by atoms with Gasteiger partial charge in [-0.2, -0.15) is 0 Å². The normalized spacial score (nSPS) is 12.7. The van der Waals surface area contributed by atoms with Gasteiger partial charge in [-0.3, -0.25) is 14.9 Å². The van der Waals surface area contributed by atoms with Crippen molar-refractivity contribution in [2.75, 3.05) is 6.54 Å². The number of ether oxygens (including phenoxy) is 1. The van der Waals surface area contributed by atoms with E-state index in [2.05, 4.69) is 5.32 Å². The number of esters is 1. The van der Waals surface area contributed by atoms with Gasteiger partial charge in [0.25, 0.3) is 11.6 Å². The van der Waals surface area contributed by atoms with Crippen molar-refractivity contribution in [3.8, 4) is 0 Å². The zero-order chi connectivity index (χ0) is 20.7. The summed E-state index contributed by atoms with van der Waals surface area (Å²) in [6.45, 7) is 3.82. The molecule has 0 saturated heterocycles. The van der Waals surface area contributed by atoms with Gasteiger partial charge in [0.05, 0.1) is 4.92 Å². The van der Waals surface area contributed by atoms with Crippen molar-refractivity contribution in [1.82, 2.24) is 5.32 Å². The monoisotopic (exact) mass is 404 g/mol. The molecule has 0 aromatic heterocycles. The van der Waals surface area contributed by atoms with Gasteiger partial charge in [-0.1, -0.05) is 48.9 Å². The van der Waals surface area contributed by atoms with Gasteiger partial charge in [-0.25, -0.2) is 4.79 Å². The highest BCUT2D eigenvalue weighted by atomic mass is 35.5. The summed E-state index contributed by atoms with van der Waals surface area (Å²) in [4.78, 5) is 35.0. The molecule has 0 fully saturated rings. The Hall–Kier alpha value is -2.93. The van der Waals surface area contributed by atoms with E-state index in [1.54, 1.807) is 0 Å². The second kappa shape index (κ2) is 9.85. The van der Waals surface area contributed by atoms with E-state index in [4.69, 9.17) is 16.3 Å². The fraction of sp³-hybridized carbons (Fsp3) is 0.300. The molecule has 0 radical (unpaired) electrons. The average molecular weight is 405 g/mol. The summed E-state index contributed by atoms with van der Waals surface area (Å²) in [7, 11) is 0. The molecule has 2 aromatic rings. The summed E-state index contributed by atoms with van der Waals surface area (Å²) in [5, 5.41) is 14.0. The second-order valence-corrected chi connectivity index (χ2v) is 6.66. The fourth-order valence-electron chi connectivity index (χ4n) is 2.70. The smallest absolute Gasteiger partial charge is 0.345 e. The molecule has 2 atom stereocenters. The molecule has 0 spiro atoms. The van der Waals surface area contributed by atoms with Gasteiger partial charge in [0.2, 0.25) is 0 Å². The molecule has 0 saturated carbocycles. The van der Waals surface area contributed by atoms with Crippen molar-refractivity contribution in [2.24, 2.45) is 0 Å². The van der Waals surface area contributed by atoms with Crippen LogP contribution in [0.25, 0.3) is 0 Å². The minimum absolute atomic E-state index is 0.127. The van der Waals surface area contributed by atoms with Crippen LogP contribution in [0, 0.1) is 10.1 Å². The van der Waals surface area contributed by atoms with Crippen LogP contribution in [0.1, 0.15) is 42.1 Å². The Morgan fingerprint density at radius 2 is 1.89 bits per heavy atom. The molecule has 1 amide bonds. The lowest BCUT2D eigenvalue weighted by atomic mass is 9.96. The minimum atomic E-state index is -1.11. The van der Waals surface area contributed by atoms with E-state index < -0.39 is 28.6 Å². The molecule has 0 bridgehead atoms. The van der Waals surface area contributed by atoms with Crippen LogP contribution < -0.4 is 5.32 Å². The van der Waals surface area contributed by atoms with Gasteiger partial charge in [0, 0.05) is 23.6 Å². The number of hydrogen-bond donors (Lipinski definition) is 1. The Labute approximate surface area is 167 Å². The molecule has 1 N–H and O–H groups in total. The number of nitro groups is 1. The van der Waals surface area contributed by atoms with Gasteiger partial charge in [0.15, 0.2) is 6.10 Å². The molecule has 28 heavy (non-hydrogen) atoms. The van der Waals surface area contributed by atoms with Crippen LogP contribution in [0.3, 0.4) is 0 Å². The molecule has 0 aliphatic carbocycles. The molecular formula is C20H21ClN2O5. The van der Waals surface area contributed by atoms with Crippen LogP contribution in [-0.4, -0.2) is 29.4 Å². The van der Waals surface area contributed by atoms with Gasteiger partial charge >= 0.3 is 5.97 Å². The highest BCUT2D eigenvalue weighted by molar-refractivity contribution is 6.31. The maximum absolute atomic E-state index is 12.3. The molecule has 8 heteroatoms. The van der Waals surface area contributed by atoms with Crippen molar-refractivity contribution >= 4 is 29.2 Å². The number of carbonyl (C=O) groups excluding carboxylic acids is 2. The molecule has 0 aliphatic heterocycles. The lowest BCUT2D eigenvalue weighted by Crippen LogP contribution is -2.38. The molecule has 0 heterocycles. The summed E-state index contributed by atoms with van der Waals surface area (Å²) >= 11 is 5.81. The number of nitrogens with zero attached hydrogens (tertiary/aromatic N) is 1. The van der Waals surface area contributed by atoms with Crippen molar-refractivity contribution in [2.45, 2.75) is 32.3 Å². The third-order valence-electron chi connectivity index (χ3n) is 4.31. The Morgan fingerprint density at radius 3 is 2.50 bits per heavy atom. The first-order chi connectivity index (χ1) is 13.3. The van der Waals surface area contributed by atoms with E-state index in [0.29, 0.717) is 6.54 Å². The lowest BCUT2D eigenvalue weighted by molar-refractivity contribution is -0.385.